The molecule has 1 aliphatic heterocycles. The van der Waals surface area contributed by atoms with E-state index >= 15 is 0 Å². The van der Waals surface area contributed by atoms with E-state index in [9.17, 15) is 14.7 Å². The van der Waals surface area contributed by atoms with E-state index < -0.39 is 17.7 Å². The highest BCUT2D eigenvalue weighted by Gasteiger charge is 2.46. The van der Waals surface area contributed by atoms with Crippen LogP contribution in [0.4, 0.5) is 0 Å². The number of rotatable bonds is 6. The number of aliphatic hydroxyl groups is 1. The number of carbonyl (C=O) groups excluding carboxylic acids is 2. The molecule has 0 radical (unpaired) electrons. The third kappa shape index (κ3) is 3.75. The molecule has 8 heteroatoms. The first kappa shape index (κ1) is 20.6. The van der Waals surface area contributed by atoms with Crippen molar-refractivity contribution < 1.29 is 19.4 Å². The van der Waals surface area contributed by atoms with Gasteiger partial charge in [0.25, 0.3) is 11.7 Å². The predicted octanol–water partition coefficient (Wildman–Crippen LogP) is 2.02. The summed E-state index contributed by atoms with van der Waals surface area (Å²) >= 11 is 0. The van der Waals surface area contributed by atoms with Gasteiger partial charge in [-0.3, -0.25) is 14.7 Å². The van der Waals surface area contributed by atoms with E-state index in [1.807, 2.05) is 25.1 Å². The maximum absolute atomic E-state index is 13.0. The van der Waals surface area contributed by atoms with Crippen LogP contribution in [-0.4, -0.2) is 71.1 Å². The summed E-state index contributed by atoms with van der Waals surface area (Å²) in [5.74, 6) is -0.933. The van der Waals surface area contributed by atoms with Crippen LogP contribution in [0.1, 0.15) is 28.6 Å². The second-order valence-corrected chi connectivity index (χ2v) is 7.38. The van der Waals surface area contributed by atoms with Crippen LogP contribution >= 0.6 is 0 Å². The molecule has 2 aromatic rings. The van der Waals surface area contributed by atoms with E-state index in [-0.39, 0.29) is 11.3 Å². The van der Waals surface area contributed by atoms with Gasteiger partial charge in [0.05, 0.1) is 30.0 Å². The van der Waals surface area contributed by atoms with Crippen LogP contribution in [0.5, 0.6) is 5.75 Å². The minimum absolute atomic E-state index is 0.0645. The van der Waals surface area contributed by atoms with Gasteiger partial charge in [-0.2, -0.15) is 5.10 Å². The number of carbonyl (C=O) groups is 2. The summed E-state index contributed by atoms with van der Waals surface area (Å²) in [6.07, 6.45) is 0. The molecule has 1 atom stereocenters. The van der Waals surface area contributed by atoms with Crippen LogP contribution in [-0.2, 0) is 9.59 Å². The van der Waals surface area contributed by atoms with Crippen LogP contribution in [0.2, 0.25) is 0 Å². The van der Waals surface area contributed by atoms with Crippen molar-refractivity contribution in [2.75, 3.05) is 34.3 Å². The largest absolute Gasteiger partial charge is 0.507 e. The van der Waals surface area contributed by atoms with Crippen LogP contribution < -0.4 is 4.74 Å². The van der Waals surface area contributed by atoms with Crippen molar-refractivity contribution in [1.29, 1.82) is 0 Å². The number of aromatic nitrogens is 2. The molecule has 1 aromatic heterocycles. The lowest BCUT2D eigenvalue weighted by atomic mass is 9.94. The highest BCUT2D eigenvalue weighted by atomic mass is 16.5. The van der Waals surface area contributed by atoms with Crippen LogP contribution in [0, 0.1) is 13.8 Å². The van der Waals surface area contributed by atoms with Gasteiger partial charge in [0.15, 0.2) is 0 Å². The van der Waals surface area contributed by atoms with Gasteiger partial charge in [-0.1, -0.05) is 12.1 Å². The third-order valence-corrected chi connectivity index (χ3v) is 5.10. The molecule has 2 heterocycles. The summed E-state index contributed by atoms with van der Waals surface area (Å²) in [6.45, 7) is 4.43. The van der Waals surface area contributed by atoms with E-state index in [0.717, 1.165) is 0 Å². The van der Waals surface area contributed by atoms with Gasteiger partial charge in [-0.05, 0) is 45.6 Å². The average molecular weight is 398 g/mol. The number of hydrogen-bond acceptors (Lipinski definition) is 6. The molecule has 1 aliphatic rings. The standard InChI is InChI=1S/C21H26N4O4/c1-12-16(13(2)23-22-12)19(26)17-18(14-7-6-8-15(11-14)29-5)25(10-9-24(3)4)21(28)20(17)27/h6-8,11,18,26H,9-10H2,1-5H3,(H,22,23). The molecule has 0 bridgehead atoms. The van der Waals surface area contributed by atoms with Crippen molar-refractivity contribution in [3.63, 3.8) is 0 Å². The Morgan fingerprint density at radius 2 is 2.03 bits per heavy atom. The zero-order valence-corrected chi connectivity index (χ0v) is 17.3. The van der Waals surface area contributed by atoms with Gasteiger partial charge in [0, 0.05) is 18.8 Å². The Balaban J connectivity index is 2.20. The van der Waals surface area contributed by atoms with Gasteiger partial charge >= 0.3 is 0 Å². The first-order chi connectivity index (χ1) is 13.8. The number of ether oxygens (including phenoxy) is 1. The number of benzene rings is 1. The molecule has 3 rings (SSSR count). The number of amides is 1. The van der Waals surface area contributed by atoms with E-state index in [1.54, 1.807) is 39.2 Å². The summed E-state index contributed by atoms with van der Waals surface area (Å²) in [5, 5.41) is 18.0. The molecule has 2 N–H and O–H groups in total. The number of aromatic amines is 1. The zero-order chi connectivity index (χ0) is 21.3. The normalized spacial score (nSPS) is 18.7. The number of hydrogen-bond donors (Lipinski definition) is 2. The molecule has 1 unspecified atom stereocenters. The summed E-state index contributed by atoms with van der Waals surface area (Å²) in [6, 6.07) is 6.49. The molecule has 1 aromatic carbocycles. The monoisotopic (exact) mass is 398 g/mol. The van der Waals surface area contributed by atoms with Crippen LogP contribution in [0.15, 0.2) is 29.8 Å². The molecule has 1 amide bonds. The van der Waals surface area contributed by atoms with Crippen LogP contribution in [0.25, 0.3) is 5.76 Å². The Labute approximate surface area is 169 Å². The highest BCUT2D eigenvalue weighted by Crippen LogP contribution is 2.40. The molecular weight excluding hydrogens is 372 g/mol. The first-order valence-corrected chi connectivity index (χ1v) is 9.35. The Morgan fingerprint density at radius 1 is 1.31 bits per heavy atom. The van der Waals surface area contributed by atoms with Crippen LogP contribution in [0.3, 0.4) is 0 Å². The number of nitrogens with one attached hydrogen (secondary N) is 1. The van der Waals surface area contributed by atoms with E-state index in [4.69, 9.17) is 4.74 Å². The second-order valence-electron chi connectivity index (χ2n) is 7.38. The minimum atomic E-state index is -0.709. The summed E-state index contributed by atoms with van der Waals surface area (Å²) in [7, 11) is 5.35. The fourth-order valence-electron chi connectivity index (χ4n) is 3.61. The quantitative estimate of drug-likeness (QED) is 0.439. The second kappa shape index (κ2) is 8.08. The van der Waals surface area contributed by atoms with E-state index in [1.165, 1.54) is 4.90 Å². The van der Waals surface area contributed by atoms with Crippen molar-refractivity contribution in [1.82, 2.24) is 20.0 Å². The number of nitrogens with zero attached hydrogens (tertiary/aromatic N) is 3. The van der Waals surface area contributed by atoms with Crippen molar-refractivity contribution in [2.24, 2.45) is 0 Å². The van der Waals surface area contributed by atoms with Gasteiger partial charge in [0.2, 0.25) is 0 Å². The minimum Gasteiger partial charge on any atom is -0.507 e. The topological polar surface area (TPSA) is 98.8 Å². The van der Waals surface area contributed by atoms with E-state index in [2.05, 4.69) is 10.2 Å². The number of likely N-dealkylation sites (N-methyl/N-ethyl adjacent to an activating group) is 1. The van der Waals surface area contributed by atoms with E-state index in [0.29, 0.717) is 41.4 Å². The number of H-pyrrole nitrogens is 1. The number of aliphatic hydroxyl groups excluding tert-OH is 1. The summed E-state index contributed by atoms with van der Waals surface area (Å²) in [4.78, 5) is 29.3. The number of ketones is 1. The molecule has 0 spiro atoms. The molecule has 1 saturated heterocycles. The maximum atomic E-state index is 13.0. The molecule has 0 aliphatic carbocycles. The Morgan fingerprint density at radius 3 is 2.62 bits per heavy atom. The SMILES string of the molecule is COc1cccc(C2C(=C(O)c3c(C)n[nH]c3C)C(=O)C(=O)N2CCN(C)C)c1. The number of methoxy groups -OCH3 is 1. The number of likely N-dealkylation sites (tertiary alicyclic amines) is 1. The third-order valence-electron chi connectivity index (χ3n) is 5.10. The van der Waals surface area contributed by atoms with Gasteiger partial charge in [-0.25, -0.2) is 0 Å². The van der Waals surface area contributed by atoms with Crippen molar-refractivity contribution in [3.8, 4) is 5.75 Å². The molecule has 29 heavy (non-hydrogen) atoms. The van der Waals surface area contributed by atoms with Gasteiger partial charge in [0.1, 0.15) is 11.5 Å². The van der Waals surface area contributed by atoms with Gasteiger partial charge in [-0.15, -0.1) is 0 Å². The lowest BCUT2D eigenvalue weighted by Gasteiger charge is -2.26. The van der Waals surface area contributed by atoms with Crippen molar-refractivity contribution >= 4 is 17.4 Å². The lowest BCUT2D eigenvalue weighted by molar-refractivity contribution is -0.140. The molecule has 0 saturated carbocycles. The first-order valence-electron chi connectivity index (χ1n) is 9.35. The highest BCUT2D eigenvalue weighted by molar-refractivity contribution is 6.46. The Kier molecular flexibility index (Phi) is 5.74. The zero-order valence-electron chi connectivity index (χ0n) is 17.3. The Bertz CT molecular complexity index is 957. The molecule has 1 fully saturated rings. The van der Waals surface area contributed by atoms with Gasteiger partial charge < -0.3 is 19.6 Å². The molecule has 154 valence electrons. The number of aryl methyl sites for hydroxylation is 2. The molecular formula is C21H26N4O4. The number of Topliss-reactive ketones (excluding diaryl/α,β-unsaturated/α-hetero) is 1. The predicted molar refractivity (Wildman–Crippen MR) is 109 cm³/mol. The Hall–Kier alpha value is -3.13. The fraction of sp³-hybridized carbons (Fsp3) is 0.381. The average Bonchev–Trinajstić information content (AvgIpc) is 3.16. The van der Waals surface area contributed by atoms with Crippen molar-refractivity contribution in [3.05, 3.63) is 52.4 Å². The van der Waals surface area contributed by atoms with Crippen molar-refractivity contribution in [2.45, 2.75) is 19.9 Å². The maximum Gasteiger partial charge on any atom is 0.295 e. The smallest absolute Gasteiger partial charge is 0.295 e. The molecule has 8 nitrogen and oxygen atoms in total. The summed E-state index contributed by atoms with van der Waals surface area (Å²) in [5.41, 5.74) is 2.40. The summed E-state index contributed by atoms with van der Waals surface area (Å²) < 4.78 is 5.32. The lowest BCUT2D eigenvalue weighted by Crippen LogP contribution is -2.35. The fourth-order valence-corrected chi connectivity index (χ4v) is 3.61.